The molecule has 146 valence electrons. The predicted molar refractivity (Wildman–Crippen MR) is 113 cm³/mol. The second-order valence-corrected chi connectivity index (χ2v) is 7.87. The average molecular weight is 395 g/mol. The van der Waals surface area contributed by atoms with Crippen molar-refractivity contribution in [3.63, 3.8) is 0 Å². The Kier molecular flexibility index (Phi) is 6.52. The van der Waals surface area contributed by atoms with Crippen LogP contribution in [0.2, 0.25) is 0 Å². The van der Waals surface area contributed by atoms with E-state index < -0.39 is 0 Å². The minimum absolute atomic E-state index is 0.101. The number of amides is 1. The Morgan fingerprint density at radius 1 is 1.11 bits per heavy atom. The summed E-state index contributed by atoms with van der Waals surface area (Å²) >= 11 is 1.66. The number of rotatable bonds is 7. The van der Waals surface area contributed by atoms with Crippen molar-refractivity contribution in [2.75, 3.05) is 0 Å². The van der Waals surface area contributed by atoms with Gasteiger partial charge in [-0.05, 0) is 45.4 Å². The number of nitrogens with one attached hydrogen (secondary N) is 1. The van der Waals surface area contributed by atoms with Crippen molar-refractivity contribution in [3.8, 4) is 0 Å². The monoisotopic (exact) mass is 394 g/mol. The smallest absolute Gasteiger partial charge is 0.251 e. The van der Waals surface area contributed by atoms with Crippen LogP contribution in [0.25, 0.3) is 0 Å². The van der Waals surface area contributed by atoms with E-state index in [1.165, 1.54) is 11.1 Å². The number of hydrogen-bond acceptors (Lipinski definition) is 4. The van der Waals surface area contributed by atoms with Crippen LogP contribution in [0.15, 0.2) is 53.7 Å². The van der Waals surface area contributed by atoms with Gasteiger partial charge in [0.1, 0.15) is 0 Å². The number of carbonyl (C=O) groups excluding carboxylic acids is 1. The highest BCUT2D eigenvalue weighted by Gasteiger charge is 2.19. The molecule has 3 aromatic rings. The van der Waals surface area contributed by atoms with Gasteiger partial charge in [-0.15, -0.1) is 10.2 Å². The molecular formula is C22H26N4OS. The molecule has 5 nitrogen and oxygen atoms in total. The molecule has 0 saturated heterocycles. The highest BCUT2D eigenvalue weighted by molar-refractivity contribution is 7.98. The van der Waals surface area contributed by atoms with Crippen molar-refractivity contribution in [3.05, 3.63) is 76.6 Å². The third-order valence-electron chi connectivity index (χ3n) is 4.57. The van der Waals surface area contributed by atoms with Crippen molar-refractivity contribution in [1.82, 2.24) is 20.1 Å². The molecule has 0 aliphatic heterocycles. The number of benzene rings is 2. The van der Waals surface area contributed by atoms with Gasteiger partial charge in [-0.25, -0.2) is 0 Å². The minimum atomic E-state index is -0.228. The highest BCUT2D eigenvalue weighted by Crippen LogP contribution is 2.24. The van der Waals surface area contributed by atoms with E-state index in [0.717, 1.165) is 28.8 Å². The van der Waals surface area contributed by atoms with Crippen LogP contribution in [0.3, 0.4) is 0 Å². The quantitative estimate of drug-likeness (QED) is 0.590. The first kappa shape index (κ1) is 20.1. The van der Waals surface area contributed by atoms with Gasteiger partial charge in [0.15, 0.2) is 11.0 Å². The van der Waals surface area contributed by atoms with Crippen molar-refractivity contribution < 1.29 is 4.79 Å². The number of thioether (sulfide) groups is 1. The number of nitrogens with zero attached hydrogens (tertiary/aromatic N) is 3. The second kappa shape index (κ2) is 9.06. The molecule has 1 heterocycles. The van der Waals surface area contributed by atoms with Gasteiger partial charge in [-0.2, -0.15) is 0 Å². The lowest BCUT2D eigenvalue weighted by Crippen LogP contribution is -2.28. The number of aryl methyl sites for hydroxylation is 2. The van der Waals surface area contributed by atoms with Gasteiger partial charge in [0.05, 0.1) is 6.04 Å². The summed E-state index contributed by atoms with van der Waals surface area (Å²) in [6.07, 6.45) is 0. The molecule has 1 N–H and O–H groups in total. The van der Waals surface area contributed by atoms with Crippen LogP contribution in [0.4, 0.5) is 0 Å². The summed E-state index contributed by atoms with van der Waals surface area (Å²) in [5.74, 6) is 1.51. The molecule has 0 radical (unpaired) electrons. The maximum atomic E-state index is 12.6. The summed E-state index contributed by atoms with van der Waals surface area (Å²) in [6, 6.07) is 15.9. The van der Waals surface area contributed by atoms with E-state index in [1.54, 1.807) is 11.8 Å². The van der Waals surface area contributed by atoms with E-state index >= 15 is 0 Å². The zero-order chi connectivity index (χ0) is 20.1. The molecule has 0 bridgehead atoms. The van der Waals surface area contributed by atoms with Gasteiger partial charge >= 0.3 is 0 Å². The van der Waals surface area contributed by atoms with Crippen LogP contribution in [0, 0.1) is 13.8 Å². The first-order valence-corrected chi connectivity index (χ1v) is 10.5. The zero-order valence-electron chi connectivity index (χ0n) is 16.8. The third-order valence-corrected chi connectivity index (χ3v) is 5.60. The molecule has 0 aliphatic carbocycles. The second-order valence-electron chi connectivity index (χ2n) is 6.92. The summed E-state index contributed by atoms with van der Waals surface area (Å²) < 4.78 is 2.07. The van der Waals surface area contributed by atoms with E-state index in [0.29, 0.717) is 5.56 Å². The number of aromatic nitrogens is 3. The Bertz CT molecular complexity index is 949. The predicted octanol–water partition coefficient (Wildman–Crippen LogP) is 4.70. The Hall–Kier alpha value is -2.60. The molecule has 28 heavy (non-hydrogen) atoms. The summed E-state index contributed by atoms with van der Waals surface area (Å²) in [5, 5.41) is 12.6. The molecule has 1 amide bonds. The van der Waals surface area contributed by atoms with Crippen LogP contribution in [0.1, 0.15) is 52.8 Å². The summed E-state index contributed by atoms with van der Waals surface area (Å²) in [4.78, 5) is 12.6. The Balaban J connectivity index is 1.69. The lowest BCUT2D eigenvalue weighted by Gasteiger charge is -2.15. The maximum absolute atomic E-state index is 12.6. The third kappa shape index (κ3) is 4.81. The molecule has 1 aromatic heterocycles. The molecule has 1 atom stereocenters. The summed E-state index contributed by atoms with van der Waals surface area (Å²) in [6.45, 7) is 8.83. The minimum Gasteiger partial charge on any atom is -0.342 e. The van der Waals surface area contributed by atoms with Gasteiger partial charge in [0, 0.05) is 17.9 Å². The molecular weight excluding hydrogens is 368 g/mol. The van der Waals surface area contributed by atoms with Crippen molar-refractivity contribution in [2.45, 2.75) is 51.2 Å². The van der Waals surface area contributed by atoms with Gasteiger partial charge in [-0.1, -0.05) is 59.3 Å². The van der Waals surface area contributed by atoms with Crippen molar-refractivity contribution >= 4 is 17.7 Å². The first-order chi connectivity index (χ1) is 13.5. The largest absolute Gasteiger partial charge is 0.342 e. The SMILES string of the molecule is CCn1c(SCc2ccc(C)cc2)nnc1[C@H](C)NC(=O)c1cccc(C)c1. The van der Waals surface area contributed by atoms with Crippen LogP contribution >= 0.6 is 11.8 Å². The zero-order valence-corrected chi connectivity index (χ0v) is 17.6. The van der Waals surface area contributed by atoms with E-state index in [9.17, 15) is 4.79 Å². The number of carbonyl (C=O) groups is 1. The Labute approximate surface area is 170 Å². The number of hydrogen-bond donors (Lipinski definition) is 1. The van der Waals surface area contributed by atoms with E-state index in [4.69, 9.17) is 0 Å². The van der Waals surface area contributed by atoms with Gasteiger partial charge < -0.3 is 9.88 Å². The molecule has 0 aliphatic rings. The summed E-state index contributed by atoms with van der Waals surface area (Å²) in [5.41, 5.74) is 4.23. The normalized spacial score (nSPS) is 12.0. The van der Waals surface area contributed by atoms with Crippen LogP contribution in [0.5, 0.6) is 0 Å². The fourth-order valence-corrected chi connectivity index (χ4v) is 3.95. The van der Waals surface area contributed by atoms with E-state index in [2.05, 4.69) is 58.2 Å². The molecule has 0 fully saturated rings. The standard InChI is InChI=1S/C22H26N4OS/c1-5-26-20(17(4)23-21(27)19-8-6-7-16(3)13-19)24-25-22(26)28-14-18-11-9-15(2)10-12-18/h6-13,17H,5,14H2,1-4H3,(H,23,27)/t17-/m0/s1. The molecule has 3 rings (SSSR count). The van der Waals surface area contributed by atoms with Gasteiger partial charge in [0.25, 0.3) is 5.91 Å². The molecule has 0 saturated carbocycles. The fraction of sp³-hybridized carbons (Fsp3) is 0.318. The van der Waals surface area contributed by atoms with Crippen LogP contribution in [-0.2, 0) is 12.3 Å². The Morgan fingerprint density at radius 3 is 2.54 bits per heavy atom. The maximum Gasteiger partial charge on any atom is 0.251 e. The highest BCUT2D eigenvalue weighted by atomic mass is 32.2. The van der Waals surface area contributed by atoms with Crippen LogP contribution < -0.4 is 5.32 Å². The van der Waals surface area contributed by atoms with Crippen molar-refractivity contribution in [2.24, 2.45) is 0 Å². The van der Waals surface area contributed by atoms with Crippen molar-refractivity contribution in [1.29, 1.82) is 0 Å². The Morgan fingerprint density at radius 2 is 1.86 bits per heavy atom. The van der Waals surface area contributed by atoms with Gasteiger partial charge in [-0.3, -0.25) is 4.79 Å². The fourth-order valence-electron chi connectivity index (χ4n) is 2.99. The van der Waals surface area contributed by atoms with E-state index in [1.807, 2.05) is 38.1 Å². The lowest BCUT2D eigenvalue weighted by molar-refractivity contribution is 0.0937. The first-order valence-electron chi connectivity index (χ1n) is 9.47. The average Bonchev–Trinajstić information content (AvgIpc) is 3.10. The lowest BCUT2D eigenvalue weighted by atomic mass is 10.1. The van der Waals surface area contributed by atoms with Gasteiger partial charge in [0.2, 0.25) is 0 Å². The topological polar surface area (TPSA) is 59.8 Å². The summed E-state index contributed by atoms with van der Waals surface area (Å²) in [7, 11) is 0. The molecule has 6 heteroatoms. The molecule has 0 spiro atoms. The van der Waals surface area contributed by atoms with E-state index in [-0.39, 0.29) is 11.9 Å². The molecule has 0 unspecified atom stereocenters. The van der Waals surface area contributed by atoms with Crippen LogP contribution in [-0.4, -0.2) is 20.7 Å². The molecule has 2 aromatic carbocycles.